The molecular formula is C16H23NO5S2. The maximum Gasteiger partial charge on any atom is 0.183 e. The molecule has 1 aromatic rings. The van der Waals surface area contributed by atoms with Crippen molar-refractivity contribution in [2.45, 2.75) is 36.0 Å². The predicted molar refractivity (Wildman–Crippen MR) is 92.0 cm³/mol. The van der Waals surface area contributed by atoms with Gasteiger partial charge in [-0.3, -0.25) is 4.90 Å². The quantitative estimate of drug-likeness (QED) is 0.784. The lowest BCUT2D eigenvalue weighted by Gasteiger charge is -2.27. The van der Waals surface area contributed by atoms with E-state index in [1.807, 2.05) is 4.90 Å². The van der Waals surface area contributed by atoms with E-state index in [9.17, 15) is 16.8 Å². The molecule has 0 saturated carbocycles. The number of nitrogens with zero attached hydrogens (tertiary/aromatic N) is 1. The van der Waals surface area contributed by atoms with Crippen molar-refractivity contribution in [1.29, 1.82) is 0 Å². The van der Waals surface area contributed by atoms with Crippen molar-refractivity contribution < 1.29 is 21.6 Å². The Morgan fingerprint density at radius 2 is 1.83 bits per heavy atom. The fourth-order valence-corrected chi connectivity index (χ4v) is 8.62. The Morgan fingerprint density at radius 3 is 2.42 bits per heavy atom. The number of benzene rings is 1. The topological polar surface area (TPSA) is 80.8 Å². The highest BCUT2D eigenvalue weighted by atomic mass is 32.2. The van der Waals surface area contributed by atoms with Gasteiger partial charge < -0.3 is 4.74 Å². The summed E-state index contributed by atoms with van der Waals surface area (Å²) < 4.78 is 55.7. The number of hydrogen-bond acceptors (Lipinski definition) is 6. The molecule has 134 valence electrons. The lowest BCUT2D eigenvalue weighted by molar-refractivity contribution is 0.264. The molecule has 0 aromatic heterocycles. The van der Waals surface area contributed by atoms with Gasteiger partial charge in [-0.15, -0.1) is 0 Å². The molecule has 3 rings (SSSR count). The highest BCUT2D eigenvalue weighted by Gasteiger charge is 2.48. The molecule has 0 aliphatic carbocycles. The van der Waals surface area contributed by atoms with Crippen LogP contribution in [0.2, 0.25) is 0 Å². The van der Waals surface area contributed by atoms with Gasteiger partial charge in [-0.05, 0) is 56.6 Å². The second kappa shape index (κ2) is 6.31. The number of aryl methyl sites for hydroxylation is 1. The Hall–Kier alpha value is -1.12. The van der Waals surface area contributed by atoms with Crippen LogP contribution in [0.15, 0.2) is 23.1 Å². The average molecular weight is 373 g/mol. The summed E-state index contributed by atoms with van der Waals surface area (Å²) in [6, 6.07) is 4.26. The molecule has 0 bridgehead atoms. The first-order valence-corrected chi connectivity index (χ1v) is 11.4. The Kier molecular flexibility index (Phi) is 4.65. The minimum Gasteiger partial charge on any atom is -0.496 e. The van der Waals surface area contributed by atoms with Crippen LogP contribution in [0, 0.1) is 6.92 Å². The average Bonchev–Trinajstić information content (AvgIpc) is 3.14. The van der Waals surface area contributed by atoms with Gasteiger partial charge in [0.15, 0.2) is 19.7 Å². The van der Waals surface area contributed by atoms with E-state index in [-0.39, 0.29) is 16.4 Å². The molecular weight excluding hydrogens is 350 g/mol. The molecule has 2 heterocycles. The van der Waals surface area contributed by atoms with Crippen LogP contribution in [-0.2, 0) is 19.7 Å². The van der Waals surface area contributed by atoms with Crippen LogP contribution in [0.4, 0.5) is 0 Å². The largest absolute Gasteiger partial charge is 0.496 e. The zero-order chi connectivity index (χ0) is 17.5. The highest BCUT2D eigenvalue weighted by molar-refractivity contribution is 7.96. The Labute approximate surface area is 143 Å². The molecule has 2 atom stereocenters. The molecule has 1 aromatic carbocycles. The van der Waals surface area contributed by atoms with Crippen molar-refractivity contribution >= 4 is 19.7 Å². The summed E-state index contributed by atoms with van der Waals surface area (Å²) in [5, 5.41) is -0.895. The Balaban J connectivity index is 1.99. The lowest BCUT2D eigenvalue weighted by atomic mass is 10.2. The minimum absolute atomic E-state index is 0.0635. The van der Waals surface area contributed by atoms with Crippen LogP contribution in [0.5, 0.6) is 5.75 Å². The zero-order valence-electron chi connectivity index (χ0n) is 13.9. The van der Waals surface area contributed by atoms with Gasteiger partial charge in [-0.1, -0.05) is 0 Å². The summed E-state index contributed by atoms with van der Waals surface area (Å²) in [6.45, 7) is 3.32. The van der Waals surface area contributed by atoms with Crippen LogP contribution < -0.4 is 4.74 Å². The molecule has 6 nitrogen and oxygen atoms in total. The molecule has 2 saturated heterocycles. The first kappa shape index (κ1) is 17.7. The third-order valence-electron chi connectivity index (χ3n) is 4.98. The van der Waals surface area contributed by atoms with Crippen LogP contribution >= 0.6 is 0 Å². The van der Waals surface area contributed by atoms with E-state index in [0.29, 0.717) is 5.75 Å². The first-order chi connectivity index (χ1) is 11.2. The maximum atomic E-state index is 13.1. The molecule has 2 fully saturated rings. The third-order valence-corrected chi connectivity index (χ3v) is 9.09. The number of likely N-dealkylation sites (tertiary alicyclic amines) is 1. The molecule has 24 heavy (non-hydrogen) atoms. The van der Waals surface area contributed by atoms with Crippen molar-refractivity contribution in [2.24, 2.45) is 0 Å². The van der Waals surface area contributed by atoms with Gasteiger partial charge in [0.2, 0.25) is 0 Å². The van der Waals surface area contributed by atoms with Crippen molar-refractivity contribution in [3.63, 3.8) is 0 Å². The number of rotatable bonds is 4. The van der Waals surface area contributed by atoms with E-state index >= 15 is 0 Å². The Bertz CT molecular complexity index is 826. The number of sulfone groups is 2. The molecule has 8 heteroatoms. The second-order valence-electron chi connectivity index (χ2n) is 6.60. The summed E-state index contributed by atoms with van der Waals surface area (Å²) in [4.78, 5) is 2.20. The van der Waals surface area contributed by atoms with E-state index < -0.39 is 31.0 Å². The summed E-state index contributed by atoms with van der Waals surface area (Å²) in [6.07, 6.45) is 1.98. The third kappa shape index (κ3) is 3.19. The molecule has 0 amide bonds. The van der Waals surface area contributed by atoms with E-state index in [1.165, 1.54) is 13.2 Å². The zero-order valence-corrected chi connectivity index (χ0v) is 15.6. The normalized spacial score (nSPS) is 27.4. The molecule has 0 radical (unpaired) electrons. The highest BCUT2D eigenvalue weighted by Crippen LogP contribution is 2.32. The van der Waals surface area contributed by atoms with Crippen molar-refractivity contribution in [2.75, 3.05) is 31.7 Å². The smallest absolute Gasteiger partial charge is 0.183 e. The fraction of sp³-hybridized carbons (Fsp3) is 0.625. The van der Waals surface area contributed by atoms with Gasteiger partial charge in [0.1, 0.15) is 5.75 Å². The lowest BCUT2D eigenvalue weighted by Crippen LogP contribution is -2.45. The van der Waals surface area contributed by atoms with Gasteiger partial charge in [0.05, 0.1) is 28.8 Å². The molecule has 2 unspecified atom stereocenters. The fourth-order valence-electron chi connectivity index (χ4n) is 3.71. The van der Waals surface area contributed by atoms with Crippen molar-refractivity contribution in [3.05, 3.63) is 23.8 Å². The maximum absolute atomic E-state index is 13.1. The molecule has 0 N–H and O–H groups in total. The van der Waals surface area contributed by atoms with E-state index in [1.54, 1.807) is 19.1 Å². The summed E-state index contributed by atoms with van der Waals surface area (Å²) in [5.74, 6) is 0.261. The summed E-state index contributed by atoms with van der Waals surface area (Å²) in [5.41, 5.74) is 0.720. The summed E-state index contributed by atoms with van der Waals surface area (Å²) in [7, 11) is -5.53. The van der Waals surface area contributed by atoms with Crippen LogP contribution in [-0.4, -0.2) is 64.7 Å². The molecule has 2 aliphatic heterocycles. The number of methoxy groups -OCH3 is 1. The van der Waals surface area contributed by atoms with Gasteiger partial charge in [0, 0.05) is 6.04 Å². The standard InChI is InChI=1S/C16H23NO5S2/c1-12-9-13(5-6-15(12)22-2)24(20,21)16-11-23(18,19)10-14(16)17-7-3-4-8-17/h5-6,9,14,16H,3-4,7-8,10-11H2,1-2H3. The molecule has 2 aliphatic rings. The van der Waals surface area contributed by atoms with Crippen LogP contribution in [0.1, 0.15) is 18.4 Å². The minimum atomic E-state index is -3.72. The van der Waals surface area contributed by atoms with E-state index in [2.05, 4.69) is 0 Å². The van der Waals surface area contributed by atoms with Crippen LogP contribution in [0.25, 0.3) is 0 Å². The van der Waals surface area contributed by atoms with Gasteiger partial charge in [-0.2, -0.15) is 0 Å². The second-order valence-corrected chi connectivity index (χ2v) is 10.9. The monoisotopic (exact) mass is 373 g/mol. The first-order valence-electron chi connectivity index (χ1n) is 8.07. The summed E-state index contributed by atoms with van der Waals surface area (Å²) >= 11 is 0. The van der Waals surface area contributed by atoms with Crippen molar-refractivity contribution in [3.8, 4) is 5.75 Å². The van der Waals surface area contributed by atoms with Gasteiger partial charge >= 0.3 is 0 Å². The van der Waals surface area contributed by atoms with Crippen LogP contribution in [0.3, 0.4) is 0 Å². The van der Waals surface area contributed by atoms with Crippen molar-refractivity contribution in [1.82, 2.24) is 4.90 Å². The van der Waals surface area contributed by atoms with E-state index in [4.69, 9.17) is 4.74 Å². The SMILES string of the molecule is COc1ccc(S(=O)(=O)C2CS(=O)(=O)CC2N2CCCC2)cc1C. The predicted octanol–water partition coefficient (Wildman–Crippen LogP) is 1.04. The number of hydrogen-bond donors (Lipinski definition) is 0. The van der Waals surface area contributed by atoms with Gasteiger partial charge in [-0.25, -0.2) is 16.8 Å². The van der Waals surface area contributed by atoms with Gasteiger partial charge in [0.25, 0.3) is 0 Å². The Morgan fingerprint density at radius 1 is 1.17 bits per heavy atom. The van der Waals surface area contributed by atoms with E-state index in [0.717, 1.165) is 31.5 Å². The number of ether oxygens (including phenoxy) is 1. The molecule has 0 spiro atoms.